The van der Waals surface area contributed by atoms with Gasteiger partial charge in [0, 0.05) is 36.9 Å². The Labute approximate surface area is 378 Å². The summed E-state index contributed by atoms with van der Waals surface area (Å²) in [5, 5.41) is 2.29. The van der Waals surface area contributed by atoms with E-state index in [-0.39, 0.29) is 22.7 Å². The predicted octanol–water partition coefficient (Wildman–Crippen LogP) is 15.1. The van der Waals surface area contributed by atoms with Crippen molar-refractivity contribution in [2.24, 2.45) is 4.99 Å². The Hall–Kier alpha value is -5.68. The van der Waals surface area contributed by atoms with Gasteiger partial charge in [-0.1, -0.05) is 92.1 Å². The van der Waals surface area contributed by atoms with E-state index in [4.69, 9.17) is 19.5 Å². The molecule has 7 aromatic rings. The van der Waals surface area contributed by atoms with Crippen LogP contribution in [0.3, 0.4) is 0 Å². The molecule has 0 unspecified atom stereocenters. The summed E-state index contributed by atoms with van der Waals surface area (Å²) in [6.07, 6.45) is 0.518. The maximum atomic E-state index is 9.47. The first-order valence-corrected chi connectivity index (χ1v) is 22.6. The number of rotatable bonds is 5. The molecule has 0 amide bonds. The minimum absolute atomic E-state index is 0.00157. The normalized spacial score (nSPS) is 19.0. The van der Waals surface area contributed by atoms with Gasteiger partial charge < -0.3 is 9.47 Å². The molecule has 0 saturated carbocycles. The zero-order valence-corrected chi connectivity index (χ0v) is 40.1. The number of nitrogens with zero attached hydrogens (tertiary/aromatic N) is 3. The van der Waals surface area contributed by atoms with Crippen molar-refractivity contribution >= 4 is 27.8 Å². The second-order valence-electron chi connectivity index (χ2n) is 21.7. The highest BCUT2D eigenvalue weighted by molar-refractivity contribution is 6.08. The molecule has 5 nitrogen and oxygen atoms in total. The zero-order valence-electron chi connectivity index (χ0n) is 42.1. The van der Waals surface area contributed by atoms with Crippen molar-refractivity contribution in [3.63, 3.8) is 0 Å². The first-order valence-electron chi connectivity index (χ1n) is 23.6. The molecule has 0 radical (unpaired) electrons. The Morgan fingerprint density at radius 3 is 2.08 bits per heavy atom. The second-order valence-corrected chi connectivity index (χ2v) is 21.7. The summed E-state index contributed by atoms with van der Waals surface area (Å²) < 4.78 is 35.5. The smallest absolute Gasteiger partial charge is 0.217 e. The van der Waals surface area contributed by atoms with Crippen molar-refractivity contribution in [1.82, 2.24) is 9.55 Å². The third kappa shape index (κ3) is 7.35. The Morgan fingerprint density at radius 2 is 1.40 bits per heavy atom. The Bertz CT molecular complexity index is 3110. The molecule has 3 heterocycles. The molecule has 5 aromatic carbocycles. The van der Waals surface area contributed by atoms with Gasteiger partial charge in [0.05, 0.1) is 17.2 Å². The largest absolute Gasteiger partial charge is 0.464 e. The lowest BCUT2D eigenvalue weighted by molar-refractivity contribution is 0.0633. The van der Waals surface area contributed by atoms with Crippen LogP contribution in [0.5, 0.6) is 11.5 Å². The third-order valence-corrected chi connectivity index (χ3v) is 13.5. The van der Waals surface area contributed by atoms with Gasteiger partial charge in [-0.05, 0) is 181 Å². The quantitative estimate of drug-likeness (QED) is 0.173. The first-order chi connectivity index (χ1) is 30.2. The number of fused-ring (bicyclic) bond motifs is 6. The number of hydrogen-bond acceptors (Lipinski definition) is 4. The molecular weight excluding hydrogens is 771 g/mol. The molecular formula is C58H65N3O2. The molecule has 1 aliphatic heterocycles. The Kier molecular flexibility index (Phi) is 9.35. The van der Waals surface area contributed by atoms with Crippen molar-refractivity contribution in [1.29, 1.82) is 0 Å². The summed E-state index contributed by atoms with van der Waals surface area (Å²) in [6, 6.07) is 30.1. The zero-order chi connectivity index (χ0) is 46.9. The van der Waals surface area contributed by atoms with Crippen LogP contribution in [-0.2, 0) is 33.0 Å². The molecule has 2 aromatic heterocycles. The highest BCUT2D eigenvalue weighted by Crippen LogP contribution is 2.49. The van der Waals surface area contributed by atoms with E-state index in [9.17, 15) is 2.74 Å². The molecule has 0 spiro atoms. The maximum Gasteiger partial charge on any atom is 0.217 e. The summed E-state index contributed by atoms with van der Waals surface area (Å²) >= 11 is 0. The van der Waals surface area contributed by atoms with Crippen LogP contribution in [0.15, 0.2) is 96.1 Å². The van der Waals surface area contributed by atoms with Gasteiger partial charge in [-0.15, -0.1) is 0 Å². The number of ether oxygens (including phenoxy) is 2. The van der Waals surface area contributed by atoms with Crippen molar-refractivity contribution in [2.75, 3.05) is 0 Å². The van der Waals surface area contributed by atoms with E-state index in [0.29, 0.717) is 17.4 Å². The molecule has 0 N–H and O–H groups in total. The fraction of sp³-hybridized carbons (Fsp3) is 0.379. The van der Waals surface area contributed by atoms with E-state index in [1.807, 2.05) is 18.3 Å². The summed E-state index contributed by atoms with van der Waals surface area (Å²) in [5.41, 5.74) is 15.7. The standard InChI is InChI=1S/C58H65N3O2/c1-33-23-34(2)51(35(3)24-33)38-26-39(54-60-50-21-19-45-37(5)52(57(12,13)14)36(4)25-48(45)58(50,15)63-54)28-43(27-38)62-44-30-41(56(9,10)11)29-42(32-44)61-49-20-18-40(55(6,7)8)31-47(49)46-17-16-22-59-53(46)61/h16-18,20,22-32,50H,19,21H2,1-15H3/t50-,58+/m1/s1/i19D2. The average Bonchev–Trinajstić information content (AvgIpc) is 3.70. The predicted molar refractivity (Wildman–Crippen MR) is 264 cm³/mol. The third-order valence-electron chi connectivity index (χ3n) is 13.5. The van der Waals surface area contributed by atoms with Gasteiger partial charge in [-0.3, -0.25) is 4.57 Å². The minimum Gasteiger partial charge on any atom is -0.464 e. The lowest BCUT2D eigenvalue weighted by Gasteiger charge is -2.39. The molecule has 2 aliphatic rings. The van der Waals surface area contributed by atoms with Crippen LogP contribution in [0.1, 0.15) is 140 Å². The van der Waals surface area contributed by atoms with Gasteiger partial charge in [0.1, 0.15) is 17.1 Å². The van der Waals surface area contributed by atoms with E-state index in [1.54, 1.807) is 0 Å². The maximum absolute atomic E-state index is 9.47. The molecule has 0 saturated heterocycles. The van der Waals surface area contributed by atoms with Gasteiger partial charge in [0.15, 0.2) is 5.60 Å². The van der Waals surface area contributed by atoms with Crippen LogP contribution in [0.2, 0.25) is 0 Å². The van der Waals surface area contributed by atoms with Crippen molar-refractivity contribution in [3.8, 4) is 28.3 Å². The van der Waals surface area contributed by atoms with E-state index in [0.717, 1.165) is 66.7 Å². The lowest BCUT2D eigenvalue weighted by atomic mass is 9.70. The first kappa shape index (κ1) is 40.1. The molecule has 63 heavy (non-hydrogen) atoms. The second kappa shape index (κ2) is 14.7. The molecule has 324 valence electrons. The Morgan fingerprint density at radius 1 is 0.714 bits per heavy atom. The molecule has 0 fully saturated rings. The summed E-state index contributed by atoms with van der Waals surface area (Å²) in [7, 11) is 0. The fourth-order valence-corrected chi connectivity index (χ4v) is 10.6. The van der Waals surface area contributed by atoms with Crippen molar-refractivity contribution < 1.29 is 12.2 Å². The molecule has 9 rings (SSSR count). The topological polar surface area (TPSA) is 48.6 Å². The molecule has 0 bridgehead atoms. The molecule has 1 aliphatic carbocycles. The van der Waals surface area contributed by atoms with Crippen LogP contribution in [0, 0.1) is 34.6 Å². The van der Waals surface area contributed by atoms with Crippen LogP contribution in [-0.4, -0.2) is 21.5 Å². The highest BCUT2D eigenvalue weighted by Gasteiger charge is 2.49. The van der Waals surface area contributed by atoms with Gasteiger partial charge in [0.2, 0.25) is 5.90 Å². The van der Waals surface area contributed by atoms with E-state index < -0.39 is 18.0 Å². The van der Waals surface area contributed by atoms with Crippen molar-refractivity contribution in [3.05, 3.63) is 152 Å². The number of benzene rings is 5. The van der Waals surface area contributed by atoms with Crippen LogP contribution in [0.25, 0.3) is 38.8 Å². The number of hydrogen-bond donors (Lipinski definition) is 0. The summed E-state index contributed by atoms with van der Waals surface area (Å²) in [6.45, 7) is 32.9. The van der Waals surface area contributed by atoms with Gasteiger partial charge >= 0.3 is 0 Å². The number of pyridine rings is 1. The van der Waals surface area contributed by atoms with Gasteiger partial charge in [-0.2, -0.15) is 0 Å². The Balaban J connectivity index is 1.20. The summed E-state index contributed by atoms with van der Waals surface area (Å²) in [4.78, 5) is 10.3. The van der Waals surface area contributed by atoms with Gasteiger partial charge in [-0.25, -0.2) is 9.98 Å². The molecule has 5 heteroatoms. The fourth-order valence-electron chi connectivity index (χ4n) is 10.6. The number of aliphatic imine (C=N–C) groups is 1. The molecule has 2 atom stereocenters. The monoisotopic (exact) mass is 838 g/mol. The number of aromatic nitrogens is 2. The highest BCUT2D eigenvalue weighted by atomic mass is 16.5. The average molecular weight is 838 g/mol. The number of aryl methyl sites for hydroxylation is 4. The van der Waals surface area contributed by atoms with E-state index in [2.05, 4.69) is 181 Å². The SMILES string of the molecule is [2H]C1([2H])C[C@H]2N=C(c3cc(Oc4cc(-n5c6ccc(C(C)(C)C)cc6c6cccnc65)cc(C(C)(C)C)c4)cc(-c4c(C)cc(C)cc4C)c3)O[C@@]2(C)c2cc(C)c(C(C)(C)C)c(C)c21. The van der Waals surface area contributed by atoms with E-state index in [1.165, 1.54) is 33.2 Å². The minimum atomic E-state index is -1.58. The van der Waals surface area contributed by atoms with E-state index >= 15 is 0 Å². The van der Waals surface area contributed by atoms with Gasteiger partial charge in [0.25, 0.3) is 0 Å². The van der Waals surface area contributed by atoms with Crippen LogP contribution >= 0.6 is 0 Å². The van der Waals surface area contributed by atoms with Crippen LogP contribution in [0.4, 0.5) is 0 Å². The van der Waals surface area contributed by atoms with Crippen molar-refractivity contribution in [2.45, 2.75) is 145 Å². The lowest BCUT2D eigenvalue weighted by Crippen LogP contribution is -2.40. The van der Waals surface area contributed by atoms with Crippen LogP contribution < -0.4 is 4.74 Å². The summed E-state index contributed by atoms with van der Waals surface area (Å²) in [5.74, 6) is 1.87.